The molecule has 2 rings (SSSR count). The van der Waals surface area contributed by atoms with E-state index in [9.17, 15) is 14.4 Å². The van der Waals surface area contributed by atoms with Crippen LogP contribution in [0.4, 0.5) is 5.69 Å². The van der Waals surface area contributed by atoms with Crippen LogP contribution in [0.15, 0.2) is 30.9 Å². The topological polar surface area (TPSA) is 99.3 Å². The third-order valence-electron chi connectivity index (χ3n) is 3.82. The lowest BCUT2D eigenvalue weighted by atomic mass is 10.1. The van der Waals surface area contributed by atoms with E-state index in [-0.39, 0.29) is 42.4 Å². The summed E-state index contributed by atoms with van der Waals surface area (Å²) in [7, 11) is 0. The first-order valence-electron chi connectivity index (χ1n) is 8.48. The van der Waals surface area contributed by atoms with Crippen molar-refractivity contribution < 1.29 is 14.4 Å². The Morgan fingerprint density at radius 2 is 2.19 bits per heavy atom. The van der Waals surface area contributed by atoms with Crippen LogP contribution in [0.3, 0.4) is 0 Å². The second kappa shape index (κ2) is 10.3. The Morgan fingerprint density at radius 3 is 2.89 bits per heavy atom. The van der Waals surface area contributed by atoms with Crippen LogP contribution in [-0.4, -0.2) is 41.6 Å². The Bertz CT molecular complexity index is 729. The molecule has 2 atom stereocenters. The summed E-state index contributed by atoms with van der Waals surface area (Å²) in [6.45, 7) is 5.81. The van der Waals surface area contributed by atoms with Crippen LogP contribution < -0.4 is 21.3 Å². The van der Waals surface area contributed by atoms with Crippen LogP contribution in [0.5, 0.6) is 0 Å². The fourth-order valence-corrected chi connectivity index (χ4v) is 3.55. The van der Waals surface area contributed by atoms with Crippen molar-refractivity contribution in [3.8, 4) is 0 Å². The van der Waals surface area contributed by atoms with E-state index in [1.54, 1.807) is 18.2 Å². The molecule has 1 aromatic rings. The summed E-state index contributed by atoms with van der Waals surface area (Å²) in [5.74, 6) is -0.376. The summed E-state index contributed by atoms with van der Waals surface area (Å²) in [5.41, 5.74) is 1.12. The molecule has 1 aliphatic heterocycles. The number of hydrogen-bond acceptors (Lipinski definition) is 5. The number of nitrogens with one attached hydrogen (secondary N) is 4. The van der Waals surface area contributed by atoms with E-state index in [1.165, 1.54) is 11.8 Å². The highest BCUT2D eigenvalue weighted by molar-refractivity contribution is 8.00. The minimum atomic E-state index is -0.434. The van der Waals surface area contributed by atoms with Crippen LogP contribution in [0.2, 0.25) is 5.02 Å². The van der Waals surface area contributed by atoms with Gasteiger partial charge in [0.05, 0.1) is 5.75 Å². The molecule has 146 valence electrons. The molecule has 27 heavy (non-hydrogen) atoms. The highest BCUT2D eigenvalue weighted by Gasteiger charge is 2.27. The number of thioether (sulfide) groups is 1. The summed E-state index contributed by atoms with van der Waals surface area (Å²) in [6.07, 6.45) is 2.00. The molecule has 0 aliphatic carbocycles. The van der Waals surface area contributed by atoms with Crippen LogP contribution in [0.1, 0.15) is 18.4 Å². The van der Waals surface area contributed by atoms with Gasteiger partial charge in [0.2, 0.25) is 17.7 Å². The molecule has 0 aromatic heterocycles. The zero-order valence-electron chi connectivity index (χ0n) is 15.0. The van der Waals surface area contributed by atoms with Gasteiger partial charge in [0.1, 0.15) is 5.50 Å². The Balaban J connectivity index is 1.80. The summed E-state index contributed by atoms with van der Waals surface area (Å²) < 4.78 is 0. The zero-order chi connectivity index (χ0) is 19.8. The first kappa shape index (κ1) is 21.3. The molecular formula is C18H23ClN4O3S. The maximum atomic E-state index is 12.1. The molecule has 1 heterocycles. The number of rotatable bonds is 8. The van der Waals surface area contributed by atoms with Gasteiger partial charge in [-0.1, -0.05) is 23.7 Å². The van der Waals surface area contributed by atoms with Crippen molar-refractivity contribution in [1.82, 2.24) is 16.0 Å². The van der Waals surface area contributed by atoms with Crippen molar-refractivity contribution >= 4 is 46.8 Å². The number of anilines is 1. The van der Waals surface area contributed by atoms with Gasteiger partial charge in [-0.15, -0.1) is 18.3 Å². The van der Waals surface area contributed by atoms with Crippen molar-refractivity contribution in [2.75, 3.05) is 17.6 Å². The smallest absolute Gasteiger partial charge is 0.234 e. The van der Waals surface area contributed by atoms with E-state index in [0.717, 1.165) is 5.56 Å². The third kappa shape index (κ3) is 7.24. The summed E-state index contributed by atoms with van der Waals surface area (Å²) in [4.78, 5) is 35.8. The Kier molecular flexibility index (Phi) is 8.15. The predicted octanol–water partition coefficient (Wildman–Crippen LogP) is 1.77. The van der Waals surface area contributed by atoms with E-state index >= 15 is 0 Å². The second-order valence-corrected chi connectivity index (χ2v) is 7.64. The standard InChI is InChI=1S/C18H23ClN4O3S/c1-3-6-20-15(24)8-13-9-16(25)23-18(22-13)27-10-17(26)21-12-5-4-11(2)14(19)7-12/h3-5,7,13,18,22H,1,6,8-10H2,2H3,(H,20,24)(H,21,26)(H,23,25). The number of benzene rings is 1. The van der Waals surface area contributed by atoms with Gasteiger partial charge < -0.3 is 16.0 Å². The fraction of sp³-hybridized carbons (Fsp3) is 0.389. The third-order valence-corrected chi connectivity index (χ3v) is 5.25. The molecule has 0 radical (unpaired) electrons. The predicted molar refractivity (Wildman–Crippen MR) is 109 cm³/mol. The van der Waals surface area contributed by atoms with E-state index in [4.69, 9.17) is 11.6 Å². The molecule has 1 aromatic carbocycles. The number of halogens is 1. The maximum Gasteiger partial charge on any atom is 0.234 e. The lowest BCUT2D eigenvalue weighted by Crippen LogP contribution is -2.56. The fourth-order valence-electron chi connectivity index (χ4n) is 2.47. The number of hydrogen-bond donors (Lipinski definition) is 4. The number of aryl methyl sites for hydroxylation is 1. The molecule has 1 saturated heterocycles. The Hall–Kier alpha value is -2.03. The summed E-state index contributed by atoms with van der Waals surface area (Å²) in [5, 5.41) is 12.0. The molecule has 4 N–H and O–H groups in total. The number of carbonyl (C=O) groups excluding carboxylic acids is 3. The first-order valence-corrected chi connectivity index (χ1v) is 9.90. The molecule has 1 aliphatic rings. The van der Waals surface area contributed by atoms with Crippen molar-refractivity contribution in [2.24, 2.45) is 0 Å². The normalized spacial score (nSPS) is 19.1. The molecule has 2 unspecified atom stereocenters. The largest absolute Gasteiger partial charge is 0.353 e. The van der Waals surface area contributed by atoms with Crippen LogP contribution in [-0.2, 0) is 14.4 Å². The zero-order valence-corrected chi connectivity index (χ0v) is 16.6. The van der Waals surface area contributed by atoms with Crippen LogP contribution in [0.25, 0.3) is 0 Å². The number of amides is 3. The molecular weight excluding hydrogens is 388 g/mol. The average Bonchev–Trinajstić information content (AvgIpc) is 2.61. The Morgan fingerprint density at radius 1 is 1.41 bits per heavy atom. The first-order chi connectivity index (χ1) is 12.9. The summed E-state index contributed by atoms with van der Waals surface area (Å²) in [6, 6.07) is 5.02. The van der Waals surface area contributed by atoms with Gasteiger partial charge in [0.15, 0.2) is 0 Å². The average molecular weight is 411 g/mol. The van der Waals surface area contributed by atoms with Gasteiger partial charge in [0, 0.05) is 36.1 Å². The Labute approximate surface area is 167 Å². The van der Waals surface area contributed by atoms with Gasteiger partial charge >= 0.3 is 0 Å². The van der Waals surface area contributed by atoms with Crippen molar-refractivity contribution in [1.29, 1.82) is 0 Å². The van der Waals surface area contributed by atoms with Crippen LogP contribution >= 0.6 is 23.4 Å². The second-order valence-electron chi connectivity index (χ2n) is 6.14. The highest BCUT2D eigenvalue weighted by Crippen LogP contribution is 2.20. The van der Waals surface area contributed by atoms with Crippen molar-refractivity contribution in [2.45, 2.75) is 31.3 Å². The monoisotopic (exact) mass is 410 g/mol. The minimum absolute atomic E-state index is 0.138. The highest BCUT2D eigenvalue weighted by atomic mass is 35.5. The van der Waals surface area contributed by atoms with E-state index < -0.39 is 5.50 Å². The molecule has 3 amide bonds. The molecule has 0 spiro atoms. The van der Waals surface area contributed by atoms with E-state index in [2.05, 4.69) is 27.8 Å². The summed E-state index contributed by atoms with van der Waals surface area (Å²) >= 11 is 7.30. The van der Waals surface area contributed by atoms with Gasteiger partial charge in [-0.2, -0.15) is 0 Å². The van der Waals surface area contributed by atoms with Crippen molar-refractivity contribution in [3.63, 3.8) is 0 Å². The van der Waals surface area contributed by atoms with E-state index in [0.29, 0.717) is 17.3 Å². The lowest BCUT2D eigenvalue weighted by Gasteiger charge is -2.30. The van der Waals surface area contributed by atoms with Crippen LogP contribution in [0, 0.1) is 6.92 Å². The van der Waals surface area contributed by atoms with Gasteiger partial charge in [-0.25, -0.2) is 0 Å². The van der Waals surface area contributed by atoms with Gasteiger partial charge in [0.25, 0.3) is 0 Å². The van der Waals surface area contributed by atoms with Crippen molar-refractivity contribution in [3.05, 3.63) is 41.4 Å². The molecule has 7 nitrogen and oxygen atoms in total. The quantitative estimate of drug-likeness (QED) is 0.489. The number of carbonyl (C=O) groups is 3. The van der Waals surface area contributed by atoms with Gasteiger partial charge in [-0.3, -0.25) is 19.7 Å². The minimum Gasteiger partial charge on any atom is -0.353 e. The van der Waals surface area contributed by atoms with Gasteiger partial charge in [-0.05, 0) is 24.6 Å². The van der Waals surface area contributed by atoms with E-state index in [1.807, 2.05) is 13.0 Å². The maximum absolute atomic E-state index is 12.1. The molecule has 0 saturated carbocycles. The molecule has 0 bridgehead atoms. The lowest BCUT2D eigenvalue weighted by molar-refractivity contribution is -0.125. The SMILES string of the molecule is C=CCNC(=O)CC1CC(=O)NC(SCC(=O)Nc2ccc(C)c(Cl)c2)N1. The molecule has 9 heteroatoms. The molecule has 1 fully saturated rings.